The van der Waals surface area contributed by atoms with Crippen LogP contribution in [-0.4, -0.2) is 61.7 Å². The van der Waals surface area contributed by atoms with Crippen LogP contribution < -0.4 is 0 Å². The zero-order chi connectivity index (χ0) is 15.8. The van der Waals surface area contributed by atoms with E-state index in [1.807, 2.05) is 18.3 Å². The average Bonchev–Trinajstić information content (AvgIpc) is 3.09. The highest BCUT2D eigenvalue weighted by molar-refractivity contribution is 5.47. The van der Waals surface area contributed by atoms with Gasteiger partial charge in [0.2, 0.25) is 6.41 Å². The number of amides is 1. The Morgan fingerprint density at radius 1 is 1.43 bits per heavy atom. The van der Waals surface area contributed by atoms with Crippen molar-refractivity contribution in [2.24, 2.45) is 4.99 Å². The van der Waals surface area contributed by atoms with Crippen LogP contribution in [0.3, 0.4) is 0 Å². The fourth-order valence-corrected chi connectivity index (χ4v) is 1.71. The van der Waals surface area contributed by atoms with Crippen molar-refractivity contribution < 1.29 is 14.6 Å². The van der Waals surface area contributed by atoms with Gasteiger partial charge in [-0.05, 0) is 30.9 Å². The van der Waals surface area contributed by atoms with Crippen molar-refractivity contribution in [2.45, 2.75) is 19.3 Å². The summed E-state index contributed by atoms with van der Waals surface area (Å²) in [5, 5.41) is 7.00. The predicted octanol–water partition coefficient (Wildman–Crippen LogP) is 1.15. The molecule has 0 bridgehead atoms. The highest BCUT2D eigenvalue weighted by Gasteiger charge is 2.06. The van der Waals surface area contributed by atoms with E-state index in [4.69, 9.17) is 5.11 Å². The number of aliphatic hydroxyl groups is 1. The molecule has 2 rings (SSSR count). The first-order valence-corrected chi connectivity index (χ1v) is 6.91. The van der Waals surface area contributed by atoms with Crippen LogP contribution in [0, 0.1) is 0 Å². The Morgan fingerprint density at radius 3 is 2.62 bits per heavy atom. The zero-order valence-corrected chi connectivity index (χ0v) is 12.8. The molecule has 0 aliphatic carbocycles. The molecule has 1 saturated heterocycles. The quantitative estimate of drug-likeness (QED) is 0.502. The minimum Gasteiger partial charge on any atom is -0.487 e. The van der Waals surface area contributed by atoms with Gasteiger partial charge in [-0.15, -0.1) is 0 Å². The van der Waals surface area contributed by atoms with Gasteiger partial charge in [-0.25, -0.2) is 0 Å². The molecule has 0 aromatic carbocycles. The van der Waals surface area contributed by atoms with E-state index >= 15 is 0 Å². The molecule has 1 fully saturated rings. The van der Waals surface area contributed by atoms with Gasteiger partial charge in [0.25, 0.3) is 0 Å². The maximum atomic E-state index is 9.93. The minimum absolute atomic E-state index is 0.750. The molecule has 0 saturated carbocycles. The number of nitrogens with zero attached hydrogens (tertiary/aromatic N) is 3. The predicted molar refractivity (Wildman–Crippen MR) is 83.3 cm³/mol. The SMILES string of the molecule is CO.COC=NCCc1cccnc1.O=CN1CCCC1. The fraction of sp³-hybridized carbons (Fsp3) is 0.533. The van der Waals surface area contributed by atoms with E-state index in [2.05, 4.69) is 14.7 Å². The van der Waals surface area contributed by atoms with Gasteiger partial charge in [-0.3, -0.25) is 14.8 Å². The lowest BCUT2D eigenvalue weighted by atomic mass is 10.2. The van der Waals surface area contributed by atoms with Crippen molar-refractivity contribution in [2.75, 3.05) is 33.9 Å². The van der Waals surface area contributed by atoms with Crippen LogP contribution in [0.15, 0.2) is 29.5 Å². The molecule has 1 aromatic heterocycles. The number of rotatable bonds is 5. The van der Waals surface area contributed by atoms with E-state index in [9.17, 15) is 4.79 Å². The number of hydrogen-bond acceptors (Lipinski definition) is 5. The number of aliphatic imine (C=N–C) groups is 1. The molecule has 6 heteroatoms. The number of hydrogen-bond donors (Lipinski definition) is 1. The van der Waals surface area contributed by atoms with Gasteiger partial charge in [-0.1, -0.05) is 6.07 Å². The first-order valence-electron chi connectivity index (χ1n) is 6.91. The number of carbonyl (C=O) groups excluding carboxylic acids is 1. The zero-order valence-electron chi connectivity index (χ0n) is 12.8. The van der Waals surface area contributed by atoms with Crippen molar-refractivity contribution in [3.63, 3.8) is 0 Å². The molecular weight excluding hydrogens is 270 g/mol. The number of methoxy groups -OCH3 is 1. The lowest BCUT2D eigenvalue weighted by molar-refractivity contribution is -0.117. The van der Waals surface area contributed by atoms with Crippen LogP contribution in [0.2, 0.25) is 0 Å². The Kier molecular flexibility index (Phi) is 13.1. The number of ether oxygens (including phenoxy) is 1. The van der Waals surface area contributed by atoms with Gasteiger partial charge >= 0.3 is 0 Å². The second-order valence-corrected chi connectivity index (χ2v) is 4.21. The lowest BCUT2D eigenvalue weighted by Crippen LogP contribution is -2.15. The molecule has 2 heterocycles. The van der Waals surface area contributed by atoms with E-state index < -0.39 is 0 Å². The summed E-state index contributed by atoms with van der Waals surface area (Å²) in [4.78, 5) is 19.7. The van der Waals surface area contributed by atoms with Gasteiger partial charge in [0.1, 0.15) is 0 Å². The summed E-state index contributed by atoms with van der Waals surface area (Å²) >= 11 is 0. The Bertz CT molecular complexity index is 366. The molecular formula is C15H25N3O3. The monoisotopic (exact) mass is 295 g/mol. The van der Waals surface area contributed by atoms with Gasteiger partial charge < -0.3 is 14.7 Å². The summed E-state index contributed by atoms with van der Waals surface area (Å²) in [6, 6.07) is 3.96. The molecule has 1 amide bonds. The first kappa shape index (κ1) is 19.1. The van der Waals surface area contributed by atoms with Gasteiger partial charge in [0, 0.05) is 39.1 Å². The number of aliphatic hydroxyl groups excluding tert-OH is 1. The molecule has 1 N–H and O–H groups in total. The minimum atomic E-state index is 0.750. The Balaban J connectivity index is 0.000000377. The molecule has 1 aliphatic rings. The maximum Gasteiger partial charge on any atom is 0.209 e. The number of aromatic nitrogens is 1. The summed E-state index contributed by atoms with van der Waals surface area (Å²) in [6.07, 6.45) is 9.29. The van der Waals surface area contributed by atoms with Crippen LogP contribution in [0.5, 0.6) is 0 Å². The van der Waals surface area contributed by atoms with E-state index in [-0.39, 0.29) is 0 Å². The highest BCUT2D eigenvalue weighted by Crippen LogP contribution is 2.02. The molecule has 21 heavy (non-hydrogen) atoms. The average molecular weight is 295 g/mol. The van der Waals surface area contributed by atoms with Crippen molar-refractivity contribution >= 4 is 12.8 Å². The Labute approximate surface area is 126 Å². The van der Waals surface area contributed by atoms with Crippen molar-refractivity contribution in [3.8, 4) is 0 Å². The van der Waals surface area contributed by atoms with Crippen LogP contribution >= 0.6 is 0 Å². The van der Waals surface area contributed by atoms with Crippen molar-refractivity contribution in [1.29, 1.82) is 0 Å². The van der Waals surface area contributed by atoms with Crippen LogP contribution in [0.4, 0.5) is 0 Å². The van der Waals surface area contributed by atoms with E-state index in [0.29, 0.717) is 0 Å². The molecule has 0 spiro atoms. The van der Waals surface area contributed by atoms with E-state index in [0.717, 1.165) is 39.6 Å². The van der Waals surface area contributed by atoms with Gasteiger partial charge in [0.15, 0.2) is 6.40 Å². The summed E-state index contributed by atoms with van der Waals surface area (Å²) in [6.45, 7) is 2.70. The van der Waals surface area contributed by atoms with Crippen LogP contribution in [-0.2, 0) is 16.0 Å². The molecule has 6 nitrogen and oxygen atoms in total. The third kappa shape index (κ3) is 10.5. The molecule has 0 radical (unpaired) electrons. The van der Waals surface area contributed by atoms with Gasteiger partial charge in [0.05, 0.1) is 7.11 Å². The number of pyridine rings is 1. The fourth-order valence-electron chi connectivity index (χ4n) is 1.71. The summed E-state index contributed by atoms with van der Waals surface area (Å²) in [5.74, 6) is 0. The molecule has 0 atom stereocenters. The van der Waals surface area contributed by atoms with E-state index in [1.54, 1.807) is 18.2 Å². The molecule has 1 aliphatic heterocycles. The normalized spacial score (nSPS) is 13.0. The topological polar surface area (TPSA) is 75.0 Å². The van der Waals surface area contributed by atoms with E-state index in [1.165, 1.54) is 24.8 Å². The third-order valence-electron chi connectivity index (χ3n) is 2.72. The molecule has 0 unspecified atom stereocenters. The molecule has 118 valence electrons. The first-order chi connectivity index (χ1) is 10.4. The Morgan fingerprint density at radius 2 is 2.14 bits per heavy atom. The largest absolute Gasteiger partial charge is 0.487 e. The summed E-state index contributed by atoms with van der Waals surface area (Å²) in [5.41, 5.74) is 1.20. The number of likely N-dealkylation sites (tertiary alicyclic amines) is 1. The van der Waals surface area contributed by atoms with Gasteiger partial charge in [-0.2, -0.15) is 0 Å². The highest BCUT2D eigenvalue weighted by atomic mass is 16.5. The molecule has 1 aromatic rings. The van der Waals surface area contributed by atoms with Crippen molar-refractivity contribution in [1.82, 2.24) is 9.88 Å². The summed E-state index contributed by atoms with van der Waals surface area (Å²) < 4.78 is 4.67. The lowest BCUT2D eigenvalue weighted by Gasteiger charge is -2.03. The smallest absolute Gasteiger partial charge is 0.209 e. The Hall–Kier alpha value is -1.95. The summed E-state index contributed by atoms with van der Waals surface area (Å²) in [7, 11) is 2.59. The van der Waals surface area contributed by atoms with Crippen LogP contribution in [0.1, 0.15) is 18.4 Å². The third-order valence-corrected chi connectivity index (χ3v) is 2.72. The second-order valence-electron chi connectivity index (χ2n) is 4.21. The number of carbonyl (C=O) groups is 1. The maximum absolute atomic E-state index is 9.93. The van der Waals surface area contributed by atoms with Crippen molar-refractivity contribution in [3.05, 3.63) is 30.1 Å². The van der Waals surface area contributed by atoms with Crippen LogP contribution in [0.25, 0.3) is 0 Å². The second kappa shape index (κ2) is 14.5. The standard InChI is InChI=1S/C9H12N2O.C5H9NO.CH4O/c1-12-8-11-6-4-9-3-2-5-10-7-9;7-5-6-3-1-2-4-6;1-2/h2-3,5,7-8H,4,6H2,1H3;5H,1-4H2;2H,1H3.